The first-order valence-electron chi connectivity index (χ1n) is 6.09. The standard InChI is InChI=1S/C14H19BrN2/c1-4-14(5-2,6-3)17-13-9-7-8-12(15)11(13)10-16/h7-9,17H,4-6H2,1-3H3. The van der Waals surface area contributed by atoms with Gasteiger partial charge in [-0.3, -0.25) is 0 Å². The van der Waals surface area contributed by atoms with E-state index in [4.69, 9.17) is 0 Å². The molecule has 0 atom stereocenters. The molecule has 17 heavy (non-hydrogen) atoms. The highest BCUT2D eigenvalue weighted by Crippen LogP contribution is 2.30. The van der Waals surface area contributed by atoms with Crippen LogP contribution in [0.4, 0.5) is 5.69 Å². The van der Waals surface area contributed by atoms with Gasteiger partial charge in [0.25, 0.3) is 0 Å². The highest BCUT2D eigenvalue weighted by molar-refractivity contribution is 9.10. The van der Waals surface area contributed by atoms with Gasteiger partial charge in [0.1, 0.15) is 6.07 Å². The minimum atomic E-state index is 0.0897. The number of nitrogens with zero attached hydrogens (tertiary/aromatic N) is 1. The van der Waals surface area contributed by atoms with Gasteiger partial charge in [-0.1, -0.05) is 26.8 Å². The molecule has 0 aliphatic rings. The number of hydrogen-bond acceptors (Lipinski definition) is 2. The maximum atomic E-state index is 9.19. The van der Waals surface area contributed by atoms with E-state index in [1.54, 1.807) is 0 Å². The second-order valence-electron chi connectivity index (χ2n) is 4.24. The Hall–Kier alpha value is -1.01. The molecule has 0 saturated heterocycles. The number of hydrogen-bond donors (Lipinski definition) is 1. The second kappa shape index (κ2) is 6.07. The van der Waals surface area contributed by atoms with Crippen molar-refractivity contribution in [1.29, 1.82) is 5.26 Å². The van der Waals surface area contributed by atoms with Crippen LogP contribution >= 0.6 is 15.9 Å². The minimum Gasteiger partial charge on any atom is -0.379 e. The summed E-state index contributed by atoms with van der Waals surface area (Å²) < 4.78 is 0.849. The van der Waals surface area contributed by atoms with Gasteiger partial charge in [0, 0.05) is 10.0 Å². The van der Waals surface area contributed by atoms with Crippen LogP contribution < -0.4 is 5.32 Å². The number of nitriles is 1. The van der Waals surface area contributed by atoms with Gasteiger partial charge in [-0.25, -0.2) is 0 Å². The number of rotatable bonds is 5. The van der Waals surface area contributed by atoms with E-state index in [9.17, 15) is 5.26 Å². The van der Waals surface area contributed by atoms with Crippen molar-refractivity contribution in [2.75, 3.05) is 5.32 Å². The molecule has 2 nitrogen and oxygen atoms in total. The lowest BCUT2D eigenvalue weighted by atomic mass is 9.89. The SMILES string of the molecule is CCC(CC)(CC)Nc1cccc(Br)c1C#N. The summed E-state index contributed by atoms with van der Waals surface area (Å²) in [7, 11) is 0. The molecule has 0 aliphatic carbocycles. The van der Waals surface area contributed by atoms with E-state index in [0.29, 0.717) is 5.56 Å². The van der Waals surface area contributed by atoms with Crippen LogP contribution in [0.1, 0.15) is 45.6 Å². The van der Waals surface area contributed by atoms with E-state index >= 15 is 0 Å². The number of halogens is 1. The Kier molecular flexibility index (Phi) is 5.02. The van der Waals surface area contributed by atoms with E-state index in [0.717, 1.165) is 29.4 Å². The van der Waals surface area contributed by atoms with Crippen LogP contribution in [0.15, 0.2) is 22.7 Å². The Bertz CT molecular complexity index is 408. The molecule has 1 aromatic carbocycles. The molecule has 1 aromatic rings. The van der Waals surface area contributed by atoms with E-state index in [1.165, 1.54) is 0 Å². The van der Waals surface area contributed by atoms with Crippen molar-refractivity contribution < 1.29 is 0 Å². The van der Waals surface area contributed by atoms with Crippen LogP contribution in [0.3, 0.4) is 0 Å². The average molecular weight is 295 g/mol. The van der Waals surface area contributed by atoms with Crippen LogP contribution in [0.25, 0.3) is 0 Å². The highest BCUT2D eigenvalue weighted by atomic mass is 79.9. The lowest BCUT2D eigenvalue weighted by molar-refractivity contribution is 0.420. The van der Waals surface area contributed by atoms with Gasteiger partial charge in [0.15, 0.2) is 0 Å². The van der Waals surface area contributed by atoms with Gasteiger partial charge < -0.3 is 5.32 Å². The van der Waals surface area contributed by atoms with Crippen LogP contribution in [0, 0.1) is 11.3 Å². The summed E-state index contributed by atoms with van der Waals surface area (Å²) in [6.07, 6.45) is 3.16. The summed E-state index contributed by atoms with van der Waals surface area (Å²) in [5, 5.41) is 12.7. The first-order valence-corrected chi connectivity index (χ1v) is 6.88. The van der Waals surface area contributed by atoms with Gasteiger partial charge in [-0.15, -0.1) is 0 Å². The average Bonchev–Trinajstić information content (AvgIpc) is 2.36. The summed E-state index contributed by atoms with van der Waals surface area (Å²) >= 11 is 3.42. The third-order valence-corrected chi connectivity index (χ3v) is 4.22. The summed E-state index contributed by atoms with van der Waals surface area (Å²) in [5.74, 6) is 0. The first kappa shape index (κ1) is 14.1. The summed E-state index contributed by atoms with van der Waals surface area (Å²) in [6.45, 7) is 6.55. The van der Waals surface area contributed by atoms with Crippen LogP contribution in [-0.4, -0.2) is 5.54 Å². The Balaban J connectivity index is 3.10. The first-order chi connectivity index (χ1) is 8.12. The van der Waals surface area contributed by atoms with Crippen LogP contribution in [-0.2, 0) is 0 Å². The quantitative estimate of drug-likeness (QED) is 0.854. The predicted molar refractivity (Wildman–Crippen MR) is 76.1 cm³/mol. The fourth-order valence-corrected chi connectivity index (χ4v) is 2.50. The molecule has 1 rings (SSSR count). The molecule has 0 heterocycles. The molecule has 92 valence electrons. The third-order valence-electron chi connectivity index (χ3n) is 3.56. The maximum Gasteiger partial charge on any atom is 0.103 e. The largest absolute Gasteiger partial charge is 0.379 e. The molecule has 0 fully saturated rings. The Labute approximate surface area is 112 Å². The smallest absolute Gasteiger partial charge is 0.103 e. The number of anilines is 1. The molecular weight excluding hydrogens is 276 g/mol. The Morgan fingerprint density at radius 1 is 1.24 bits per heavy atom. The van der Waals surface area contributed by atoms with Crippen LogP contribution in [0.2, 0.25) is 0 Å². The lowest BCUT2D eigenvalue weighted by Gasteiger charge is -2.33. The predicted octanol–water partition coefficient (Wildman–Crippen LogP) is 4.70. The van der Waals surface area contributed by atoms with Crippen molar-refractivity contribution in [1.82, 2.24) is 0 Å². The maximum absolute atomic E-state index is 9.19. The molecule has 0 radical (unpaired) electrons. The summed E-state index contributed by atoms with van der Waals surface area (Å²) in [5.41, 5.74) is 1.70. The fourth-order valence-electron chi connectivity index (χ4n) is 2.04. The van der Waals surface area contributed by atoms with E-state index in [-0.39, 0.29) is 5.54 Å². The zero-order chi connectivity index (χ0) is 12.9. The zero-order valence-corrected chi connectivity index (χ0v) is 12.3. The Morgan fingerprint density at radius 3 is 2.29 bits per heavy atom. The molecule has 0 aromatic heterocycles. The van der Waals surface area contributed by atoms with Gasteiger partial charge in [0.2, 0.25) is 0 Å². The number of nitrogens with one attached hydrogen (secondary N) is 1. The molecule has 3 heteroatoms. The van der Waals surface area contributed by atoms with Gasteiger partial charge in [0.05, 0.1) is 11.3 Å². The van der Waals surface area contributed by atoms with Gasteiger partial charge in [-0.05, 0) is 47.3 Å². The molecule has 0 amide bonds. The number of benzene rings is 1. The molecule has 0 spiro atoms. The molecule has 0 aliphatic heterocycles. The molecular formula is C14H19BrN2. The monoisotopic (exact) mass is 294 g/mol. The van der Waals surface area contributed by atoms with Crippen molar-refractivity contribution in [3.63, 3.8) is 0 Å². The topological polar surface area (TPSA) is 35.8 Å². The molecule has 0 bridgehead atoms. The van der Waals surface area contributed by atoms with E-state index in [1.807, 2.05) is 18.2 Å². The lowest BCUT2D eigenvalue weighted by Crippen LogP contribution is -2.36. The van der Waals surface area contributed by atoms with E-state index in [2.05, 4.69) is 48.1 Å². The van der Waals surface area contributed by atoms with Gasteiger partial charge >= 0.3 is 0 Å². The zero-order valence-electron chi connectivity index (χ0n) is 10.7. The molecule has 0 unspecified atom stereocenters. The van der Waals surface area contributed by atoms with Crippen molar-refractivity contribution in [2.24, 2.45) is 0 Å². The van der Waals surface area contributed by atoms with Crippen molar-refractivity contribution in [3.8, 4) is 6.07 Å². The summed E-state index contributed by atoms with van der Waals surface area (Å²) in [6, 6.07) is 8.08. The normalized spacial score (nSPS) is 11.0. The third kappa shape index (κ3) is 3.01. The highest BCUT2D eigenvalue weighted by Gasteiger charge is 2.24. The fraction of sp³-hybridized carbons (Fsp3) is 0.500. The van der Waals surface area contributed by atoms with Crippen molar-refractivity contribution in [3.05, 3.63) is 28.2 Å². The summed E-state index contributed by atoms with van der Waals surface area (Å²) in [4.78, 5) is 0. The van der Waals surface area contributed by atoms with E-state index < -0.39 is 0 Å². The Morgan fingerprint density at radius 2 is 1.82 bits per heavy atom. The van der Waals surface area contributed by atoms with Crippen molar-refractivity contribution in [2.45, 2.75) is 45.6 Å². The van der Waals surface area contributed by atoms with Crippen LogP contribution in [0.5, 0.6) is 0 Å². The van der Waals surface area contributed by atoms with Crippen molar-refractivity contribution >= 4 is 21.6 Å². The van der Waals surface area contributed by atoms with Gasteiger partial charge in [-0.2, -0.15) is 5.26 Å². The second-order valence-corrected chi connectivity index (χ2v) is 5.09. The molecule has 1 N–H and O–H groups in total. The minimum absolute atomic E-state index is 0.0897. The molecule has 0 saturated carbocycles.